The van der Waals surface area contributed by atoms with Crippen molar-refractivity contribution in [1.29, 1.82) is 0 Å². The Balaban J connectivity index is 1.73. The van der Waals surface area contributed by atoms with E-state index in [1.54, 1.807) is 11.3 Å². The van der Waals surface area contributed by atoms with Gasteiger partial charge < -0.3 is 15.0 Å². The molecule has 0 amide bonds. The van der Waals surface area contributed by atoms with Gasteiger partial charge in [-0.25, -0.2) is 4.98 Å². The van der Waals surface area contributed by atoms with Crippen LogP contribution in [0.1, 0.15) is 23.2 Å². The van der Waals surface area contributed by atoms with Crippen LogP contribution in [0.25, 0.3) is 0 Å². The molecular formula is C15H26N4OS. The molecule has 1 aromatic heterocycles. The van der Waals surface area contributed by atoms with Crippen molar-refractivity contribution in [1.82, 2.24) is 15.2 Å². The lowest BCUT2D eigenvalue weighted by Gasteiger charge is -2.24. The minimum Gasteiger partial charge on any atom is -0.381 e. The molecule has 118 valence electrons. The summed E-state index contributed by atoms with van der Waals surface area (Å²) in [6, 6.07) is 0. The molecule has 0 radical (unpaired) electrons. The Hall–Kier alpha value is -1.14. The maximum Gasteiger partial charge on any atom is 0.193 e. The number of nitrogens with zero attached hydrogens (tertiary/aromatic N) is 3. The van der Waals surface area contributed by atoms with E-state index in [1.165, 1.54) is 9.88 Å². The highest BCUT2D eigenvalue weighted by Crippen LogP contribution is 2.14. The summed E-state index contributed by atoms with van der Waals surface area (Å²) in [5, 5.41) is 4.62. The third-order valence-corrected chi connectivity index (χ3v) is 4.90. The summed E-state index contributed by atoms with van der Waals surface area (Å²) in [5.41, 5.74) is 0. The Bertz CT molecular complexity index is 454. The molecule has 2 rings (SSSR count). The summed E-state index contributed by atoms with van der Waals surface area (Å²) in [6.45, 7) is 5.80. The van der Waals surface area contributed by atoms with Crippen molar-refractivity contribution >= 4 is 17.3 Å². The minimum atomic E-state index is 0.625. The number of hydrogen-bond donors (Lipinski definition) is 1. The van der Waals surface area contributed by atoms with Crippen molar-refractivity contribution in [3.8, 4) is 0 Å². The van der Waals surface area contributed by atoms with Crippen LogP contribution in [0.4, 0.5) is 0 Å². The summed E-state index contributed by atoms with van der Waals surface area (Å²) >= 11 is 1.81. The van der Waals surface area contributed by atoms with Gasteiger partial charge in [0, 0.05) is 57.2 Å². The van der Waals surface area contributed by atoms with Gasteiger partial charge in [0.2, 0.25) is 0 Å². The molecule has 0 spiro atoms. The predicted octanol–water partition coefficient (Wildman–Crippen LogP) is 1.79. The van der Waals surface area contributed by atoms with Crippen LogP contribution in [0.5, 0.6) is 0 Å². The first-order valence-electron chi connectivity index (χ1n) is 7.66. The fraction of sp³-hybridized carbons (Fsp3) is 0.733. The molecule has 0 aliphatic carbocycles. The van der Waals surface area contributed by atoms with E-state index in [9.17, 15) is 0 Å². The quantitative estimate of drug-likeness (QED) is 0.643. The number of rotatable bonds is 6. The Kier molecular flexibility index (Phi) is 6.45. The molecule has 1 saturated heterocycles. The third kappa shape index (κ3) is 4.97. The smallest absolute Gasteiger partial charge is 0.193 e. The van der Waals surface area contributed by atoms with Gasteiger partial charge in [-0.15, -0.1) is 11.3 Å². The average Bonchev–Trinajstić information content (AvgIpc) is 3.14. The highest BCUT2D eigenvalue weighted by atomic mass is 32.1. The molecule has 0 bridgehead atoms. The summed E-state index contributed by atoms with van der Waals surface area (Å²) in [4.78, 5) is 12.3. The van der Waals surface area contributed by atoms with Crippen LogP contribution in [0.2, 0.25) is 0 Å². The van der Waals surface area contributed by atoms with Crippen molar-refractivity contribution in [2.45, 2.75) is 26.2 Å². The second-order valence-electron chi connectivity index (χ2n) is 5.41. The molecule has 6 heteroatoms. The second-order valence-corrected chi connectivity index (χ2v) is 6.61. The summed E-state index contributed by atoms with van der Waals surface area (Å²) in [5.74, 6) is 1.58. The Morgan fingerprint density at radius 3 is 3.10 bits per heavy atom. The first-order chi connectivity index (χ1) is 10.2. The zero-order valence-electron chi connectivity index (χ0n) is 13.3. The maximum absolute atomic E-state index is 5.43. The van der Waals surface area contributed by atoms with Crippen LogP contribution in [0.3, 0.4) is 0 Å². The molecule has 1 aromatic rings. The van der Waals surface area contributed by atoms with Gasteiger partial charge in [-0.1, -0.05) is 6.92 Å². The summed E-state index contributed by atoms with van der Waals surface area (Å²) in [7, 11) is 3.93. The van der Waals surface area contributed by atoms with E-state index in [0.717, 1.165) is 51.5 Å². The van der Waals surface area contributed by atoms with E-state index < -0.39 is 0 Å². The lowest BCUT2D eigenvalue weighted by Crippen LogP contribution is -2.42. The predicted molar refractivity (Wildman–Crippen MR) is 88.1 cm³/mol. The number of aryl methyl sites for hydroxylation is 1. The first kappa shape index (κ1) is 16.2. The summed E-state index contributed by atoms with van der Waals surface area (Å²) in [6.07, 6.45) is 5.16. The number of ether oxygens (including phenoxy) is 1. The van der Waals surface area contributed by atoms with E-state index >= 15 is 0 Å². The Labute approximate surface area is 131 Å². The van der Waals surface area contributed by atoms with Crippen LogP contribution < -0.4 is 5.32 Å². The normalized spacial score (nSPS) is 19.0. The van der Waals surface area contributed by atoms with Crippen molar-refractivity contribution in [3.05, 3.63) is 16.1 Å². The molecule has 1 N–H and O–H groups in total. The molecule has 0 saturated carbocycles. The number of aliphatic imine (C=N–C) groups is 1. The monoisotopic (exact) mass is 310 g/mol. The third-order valence-electron chi connectivity index (χ3n) is 3.70. The van der Waals surface area contributed by atoms with Gasteiger partial charge in [-0.2, -0.15) is 0 Å². The van der Waals surface area contributed by atoms with E-state index in [-0.39, 0.29) is 0 Å². The number of thiazole rings is 1. The fourth-order valence-electron chi connectivity index (χ4n) is 2.49. The van der Waals surface area contributed by atoms with E-state index in [1.807, 2.05) is 13.2 Å². The van der Waals surface area contributed by atoms with Gasteiger partial charge in [0.25, 0.3) is 0 Å². The first-order valence-corrected chi connectivity index (χ1v) is 8.47. The SMILES string of the molecule is CCc1cnc(CCNC(=NC)N(C)CC2CCOC2)s1. The molecule has 2 heterocycles. The van der Waals surface area contributed by atoms with Crippen LogP contribution in [-0.2, 0) is 17.6 Å². The molecule has 5 nitrogen and oxygen atoms in total. The molecule has 1 atom stereocenters. The van der Waals surface area contributed by atoms with Crippen LogP contribution in [-0.4, -0.2) is 56.2 Å². The van der Waals surface area contributed by atoms with Crippen molar-refractivity contribution < 1.29 is 4.74 Å². The van der Waals surface area contributed by atoms with E-state index in [0.29, 0.717) is 5.92 Å². The highest BCUT2D eigenvalue weighted by molar-refractivity contribution is 7.11. The molecular weight excluding hydrogens is 284 g/mol. The van der Waals surface area contributed by atoms with E-state index in [4.69, 9.17) is 4.74 Å². The molecule has 1 fully saturated rings. The van der Waals surface area contributed by atoms with Crippen molar-refractivity contribution in [3.63, 3.8) is 0 Å². The second kappa shape index (κ2) is 8.34. The van der Waals surface area contributed by atoms with E-state index in [2.05, 4.69) is 34.2 Å². The largest absolute Gasteiger partial charge is 0.381 e. The van der Waals surface area contributed by atoms with Gasteiger partial charge >= 0.3 is 0 Å². The zero-order chi connectivity index (χ0) is 15.1. The lowest BCUT2D eigenvalue weighted by molar-refractivity contribution is 0.181. The van der Waals surface area contributed by atoms with Crippen molar-refractivity contribution in [2.24, 2.45) is 10.9 Å². The Morgan fingerprint density at radius 1 is 1.62 bits per heavy atom. The Morgan fingerprint density at radius 2 is 2.48 bits per heavy atom. The minimum absolute atomic E-state index is 0.625. The van der Waals surface area contributed by atoms with Crippen molar-refractivity contribution in [2.75, 3.05) is 40.4 Å². The van der Waals surface area contributed by atoms with Gasteiger partial charge in [0.1, 0.15) is 0 Å². The molecule has 1 unspecified atom stereocenters. The van der Waals surface area contributed by atoms with Gasteiger partial charge in [-0.05, 0) is 12.8 Å². The number of aromatic nitrogens is 1. The van der Waals surface area contributed by atoms with Crippen LogP contribution >= 0.6 is 11.3 Å². The zero-order valence-corrected chi connectivity index (χ0v) is 14.1. The molecule has 21 heavy (non-hydrogen) atoms. The fourth-order valence-corrected chi connectivity index (χ4v) is 3.36. The maximum atomic E-state index is 5.43. The number of guanidine groups is 1. The molecule has 1 aliphatic heterocycles. The molecule has 1 aliphatic rings. The van der Waals surface area contributed by atoms with Crippen LogP contribution in [0, 0.1) is 5.92 Å². The van der Waals surface area contributed by atoms with Gasteiger partial charge in [0.15, 0.2) is 5.96 Å². The van der Waals surface area contributed by atoms with Gasteiger partial charge in [0.05, 0.1) is 11.6 Å². The summed E-state index contributed by atoms with van der Waals surface area (Å²) < 4.78 is 5.43. The lowest BCUT2D eigenvalue weighted by atomic mass is 10.1. The number of hydrogen-bond acceptors (Lipinski definition) is 4. The molecule has 0 aromatic carbocycles. The average molecular weight is 310 g/mol. The highest BCUT2D eigenvalue weighted by Gasteiger charge is 2.18. The topological polar surface area (TPSA) is 49.8 Å². The van der Waals surface area contributed by atoms with Gasteiger partial charge in [-0.3, -0.25) is 4.99 Å². The van der Waals surface area contributed by atoms with Crippen LogP contribution in [0.15, 0.2) is 11.2 Å². The standard InChI is InChI=1S/C15H26N4OS/c1-4-13-9-18-14(21-13)5-7-17-15(16-2)19(3)10-12-6-8-20-11-12/h9,12H,4-8,10-11H2,1-3H3,(H,16,17). The number of nitrogens with one attached hydrogen (secondary N) is 1.